The maximum absolute atomic E-state index is 12.1. The fourth-order valence-electron chi connectivity index (χ4n) is 3.40. The van der Waals surface area contributed by atoms with Crippen LogP contribution in [0, 0.1) is 16.0 Å². The average molecular weight is 323 g/mol. The molecule has 24 heavy (non-hydrogen) atoms. The van der Waals surface area contributed by atoms with Crippen LogP contribution >= 0.6 is 0 Å². The van der Waals surface area contributed by atoms with Gasteiger partial charge in [0, 0.05) is 45.4 Å². The summed E-state index contributed by atoms with van der Waals surface area (Å²) in [6.07, 6.45) is 0.330. The first kappa shape index (κ1) is 14.7. The molecule has 1 heterocycles. The standard InChI is InChI=1S/C18H17N3O3/c1-2-20-15-6-4-3-5-12(15)13-9-11(7-8-16(13)20)19-18(22)14-10-17(14)21(23)24/h3-9,14,17H,2,10H2,1H3,(H,19,22)/t14-,17+/m1/s1. The monoisotopic (exact) mass is 323 g/mol. The first-order valence-corrected chi connectivity index (χ1v) is 8.05. The van der Waals surface area contributed by atoms with Crippen LogP contribution in [-0.4, -0.2) is 21.4 Å². The van der Waals surface area contributed by atoms with Gasteiger partial charge in [0.05, 0.1) is 0 Å². The second-order valence-electron chi connectivity index (χ2n) is 6.18. The van der Waals surface area contributed by atoms with Crippen LogP contribution in [-0.2, 0) is 11.3 Å². The molecule has 1 aliphatic carbocycles. The molecule has 1 N–H and O–H groups in total. The molecule has 1 aromatic heterocycles. The van der Waals surface area contributed by atoms with Gasteiger partial charge in [0.2, 0.25) is 11.9 Å². The van der Waals surface area contributed by atoms with Crippen molar-refractivity contribution in [1.29, 1.82) is 0 Å². The van der Waals surface area contributed by atoms with Crippen LogP contribution in [0.25, 0.3) is 21.8 Å². The summed E-state index contributed by atoms with van der Waals surface area (Å²) in [4.78, 5) is 22.5. The third-order valence-electron chi connectivity index (χ3n) is 4.72. The quantitative estimate of drug-likeness (QED) is 0.590. The second kappa shape index (κ2) is 5.33. The summed E-state index contributed by atoms with van der Waals surface area (Å²) in [7, 11) is 0. The molecule has 2 atom stereocenters. The van der Waals surface area contributed by atoms with Crippen LogP contribution in [0.4, 0.5) is 5.69 Å². The number of hydrogen-bond donors (Lipinski definition) is 1. The highest BCUT2D eigenvalue weighted by molar-refractivity contribution is 6.10. The number of rotatable bonds is 4. The minimum absolute atomic E-state index is 0.268. The number of hydrogen-bond acceptors (Lipinski definition) is 3. The molecule has 1 fully saturated rings. The number of para-hydroxylation sites is 1. The Morgan fingerprint density at radius 3 is 2.71 bits per heavy atom. The van der Waals surface area contributed by atoms with Crippen molar-refractivity contribution in [3.63, 3.8) is 0 Å². The van der Waals surface area contributed by atoms with Crippen molar-refractivity contribution >= 4 is 33.4 Å². The van der Waals surface area contributed by atoms with Crippen molar-refractivity contribution in [2.24, 2.45) is 5.92 Å². The van der Waals surface area contributed by atoms with E-state index < -0.39 is 12.0 Å². The lowest BCUT2D eigenvalue weighted by Gasteiger charge is -2.06. The maximum Gasteiger partial charge on any atom is 0.234 e. The predicted octanol–water partition coefficient (Wildman–Crippen LogP) is 3.42. The van der Waals surface area contributed by atoms with Crippen LogP contribution in [0.15, 0.2) is 42.5 Å². The van der Waals surface area contributed by atoms with Crippen LogP contribution in [0.1, 0.15) is 13.3 Å². The molecule has 6 nitrogen and oxygen atoms in total. The minimum atomic E-state index is -0.726. The van der Waals surface area contributed by atoms with Gasteiger partial charge in [-0.3, -0.25) is 14.9 Å². The van der Waals surface area contributed by atoms with E-state index >= 15 is 0 Å². The Bertz CT molecular complexity index is 976. The van der Waals surface area contributed by atoms with Gasteiger partial charge in [0.25, 0.3) is 0 Å². The van der Waals surface area contributed by atoms with E-state index in [0.717, 1.165) is 28.4 Å². The highest BCUT2D eigenvalue weighted by Crippen LogP contribution is 2.35. The molecule has 0 radical (unpaired) electrons. The van der Waals surface area contributed by atoms with E-state index in [0.29, 0.717) is 12.1 Å². The molecule has 6 heteroatoms. The number of carbonyl (C=O) groups excluding carboxylic acids is 1. The van der Waals surface area contributed by atoms with Gasteiger partial charge in [-0.05, 0) is 31.2 Å². The number of nitro groups is 1. The van der Waals surface area contributed by atoms with Crippen molar-refractivity contribution in [1.82, 2.24) is 4.57 Å². The number of fused-ring (bicyclic) bond motifs is 3. The van der Waals surface area contributed by atoms with Crippen molar-refractivity contribution < 1.29 is 9.72 Å². The maximum atomic E-state index is 12.1. The van der Waals surface area contributed by atoms with E-state index in [1.807, 2.05) is 30.3 Å². The summed E-state index contributed by atoms with van der Waals surface area (Å²) >= 11 is 0. The first-order valence-electron chi connectivity index (χ1n) is 8.05. The normalized spacial score (nSPS) is 19.5. The van der Waals surface area contributed by atoms with E-state index in [2.05, 4.69) is 28.9 Å². The predicted molar refractivity (Wildman–Crippen MR) is 92.6 cm³/mol. The third-order valence-corrected chi connectivity index (χ3v) is 4.72. The molecule has 0 unspecified atom stereocenters. The Balaban J connectivity index is 1.70. The van der Waals surface area contributed by atoms with Gasteiger partial charge in [-0.2, -0.15) is 0 Å². The van der Waals surface area contributed by atoms with Gasteiger partial charge in [0.1, 0.15) is 5.92 Å². The third kappa shape index (κ3) is 2.22. The lowest BCUT2D eigenvalue weighted by Crippen LogP contribution is -2.18. The highest BCUT2D eigenvalue weighted by Gasteiger charge is 2.53. The van der Waals surface area contributed by atoms with Crippen LogP contribution in [0.5, 0.6) is 0 Å². The van der Waals surface area contributed by atoms with Gasteiger partial charge < -0.3 is 9.88 Å². The van der Waals surface area contributed by atoms with Crippen LogP contribution < -0.4 is 5.32 Å². The number of anilines is 1. The molecule has 3 aromatic rings. The number of aryl methyl sites for hydroxylation is 1. The summed E-state index contributed by atoms with van der Waals surface area (Å²) in [5, 5.41) is 15.7. The van der Waals surface area contributed by atoms with Crippen LogP contribution in [0.2, 0.25) is 0 Å². The number of carbonyl (C=O) groups is 1. The smallest absolute Gasteiger partial charge is 0.234 e. The molecule has 0 aliphatic heterocycles. The Morgan fingerprint density at radius 2 is 2.00 bits per heavy atom. The fraction of sp³-hybridized carbons (Fsp3) is 0.278. The molecule has 2 aromatic carbocycles. The number of amides is 1. The molecular weight excluding hydrogens is 306 g/mol. The Morgan fingerprint density at radius 1 is 1.25 bits per heavy atom. The van der Waals surface area contributed by atoms with Gasteiger partial charge in [-0.1, -0.05) is 18.2 Å². The SMILES string of the molecule is CCn1c2ccccc2c2cc(NC(=O)[C@@H]3C[C@@H]3[N+](=O)[O-])ccc21. The largest absolute Gasteiger partial charge is 0.341 e. The van der Waals surface area contributed by atoms with Gasteiger partial charge in [0.15, 0.2) is 0 Å². The Hall–Kier alpha value is -2.89. The van der Waals surface area contributed by atoms with E-state index in [9.17, 15) is 14.9 Å². The minimum Gasteiger partial charge on any atom is -0.341 e. The zero-order valence-corrected chi connectivity index (χ0v) is 13.2. The highest BCUT2D eigenvalue weighted by atomic mass is 16.6. The zero-order chi connectivity index (χ0) is 16.8. The molecule has 4 rings (SSSR count). The van der Waals surface area contributed by atoms with Gasteiger partial charge >= 0.3 is 0 Å². The number of nitrogens with one attached hydrogen (secondary N) is 1. The second-order valence-corrected chi connectivity index (χ2v) is 6.18. The topological polar surface area (TPSA) is 77.2 Å². The van der Waals surface area contributed by atoms with E-state index in [-0.39, 0.29) is 10.8 Å². The van der Waals surface area contributed by atoms with E-state index in [1.54, 1.807) is 0 Å². The molecule has 1 amide bonds. The summed E-state index contributed by atoms with van der Waals surface area (Å²) in [5.41, 5.74) is 2.96. The molecule has 0 bridgehead atoms. The lowest BCUT2D eigenvalue weighted by atomic mass is 10.1. The average Bonchev–Trinajstić information content (AvgIpc) is 3.33. The molecule has 122 valence electrons. The fourth-order valence-corrected chi connectivity index (χ4v) is 3.40. The molecule has 0 spiro atoms. The number of aromatic nitrogens is 1. The van der Waals surface area contributed by atoms with Crippen molar-refractivity contribution in [2.45, 2.75) is 25.9 Å². The lowest BCUT2D eigenvalue weighted by molar-refractivity contribution is -0.497. The van der Waals surface area contributed by atoms with E-state index in [4.69, 9.17) is 0 Å². The number of nitrogens with zero attached hydrogens (tertiary/aromatic N) is 2. The van der Waals surface area contributed by atoms with Crippen molar-refractivity contribution in [3.05, 3.63) is 52.6 Å². The zero-order valence-electron chi connectivity index (χ0n) is 13.2. The summed E-state index contributed by atoms with van der Waals surface area (Å²) in [6.45, 7) is 2.97. The Labute approximate surface area is 138 Å². The Kier molecular flexibility index (Phi) is 3.26. The molecular formula is C18H17N3O3. The van der Waals surface area contributed by atoms with Crippen LogP contribution in [0.3, 0.4) is 0 Å². The summed E-state index contributed by atoms with van der Waals surface area (Å²) in [6, 6.07) is 13.2. The van der Waals surface area contributed by atoms with Gasteiger partial charge in [-0.15, -0.1) is 0 Å². The van der Waals surface area contributed by atoms with Gasteiger partial charge in [-0.25, -0.2) is 0 Å². The summed E-state index contributed by atoms with van der Waals surface area (Å²) < 4.78 is 2.24. The molecule has 0 saturated heterocycles. The summed E-state index contributed by atoms with van der Waals surface area (Å²) in [5.74, 6) is -0.775. The molecule has 1 saturated carbocycles. The molecule has 1 aliphatic rings. The van der Waals surface area contributed by atoms with Crippen molar-refractivity contribution in [3.8, 4) is 0 Å². The number of benzene rings is 2. The van der Waals surface area contributed by atoms with Crippen molar-refractivity contribution in [2.75, 3.05) is 5.32 Å². The first-order chi connectivity index (χ1) is 11.6. The van der Waals surface area contributed by atoms with E-state index in [1.165, 1.54) is 0 Å².